The van der Waals surface area contributed by atoms with E-state index in [9.17, 15) is 0 Å². The molecule has 0 saturated heterocycles. The largest absolute Gasteiger partial charge is 0.355 e. The Morgan fingerprint density at radius 3 is 1.92 bits per heavy atom. The smallest absolute Gasteiger partial charge is 0.197 e. The maximum Gasteiger partial charge on any atom is 0.197 e. The molecule has 0 atom stereocenters. The zero-order valence-electron chi connectivity index (χ0n) is 39.7. The number of thiophene rings is 1. The number of anilines is 2. The van der Waals surface area contributed by atoms with Gasteiger partial charge >= 0.3 is 0 Å². The van der Waals surface area contributed by atoms with E-state index in [1.165, 1.54) is 125 Å². The van der Waals surface area contributed by atoms with Gasteiger partial charge in [0.25, 0.3) is 0 Å². The van der Waals surface area contributed by atoms with E-state index in [1.807, 2.05) is 11.3 Å². The summed E-state index contributed by atoms with van der Waals surface area (Å²) in [5.41, 5.74) is 24.5. The average Bonchev–Trinajstić information content (AvgIpc) is 3.95. The van der Waals surface area contributed by atoms with Crippen LogP contribution in [0.1, 0.15) is 103 Å². The number of benzene rings is 8. The van der Waals surface area contributed by atoms with Crippen molar-refractivity contribution in [3.05, 3.63) is 173 Å². The Morgan fingerprint density at radius 2 is 1.14 bits per heavy atom. The Labute approximate surface area is 393 Å². The lowest BCUT2D eigenvalue weighted by atomic mass is 9.58. The minimum Gasteiger partial charge on any atom is -0.355 e. The molecule has 1 radical (unpaired) electrons. The fraction of sp³-hybridized carbons (Fsp3) is 0.226. The first-order chi connectivity index (χ1) is 31.5. The van der Waals surface area contributed by atoms with E-state index in [0.717, 1.165) is 11.4 Å². The molecular weight excluding hydrogens is 816 g/mol. The number of nitrogens with zero attached hydrogens (tertiary/aromatic N) is 1. The van der Waals surface area contributed by atoms with Gasteiger partial charge in [-0.05, 0) is 126 Å². The van der Waals surface area contributed by atoms with Crippen molar-refractivity contribution < 1.29 is 0 Å². The number of nitrogens with one attached hydrogen (secondary N) is 1. The zero-order chi connectivity index (χ0) is 45.4. The molecule has 1 aliphatic heterocycles. The van der Waals surface area contributed by atoms with E-state index in [4.69, 9.17) is 0 Å². The number of hydrogen-bond acceptors (Lipinski definition) is 2. The van der Waals surface area contributed by atoms with Crippen LogP contribution in [0.4, 0.5) is 11.4 Å². The molecule has 3 aliphatic rings. The van der Waals surface area contributed by atoms with Gasteiger partial charge in [0.05, 0.1) is 5.52 Å². The minimum absolute atomic E-state index is 0.0555. The highest BCUT2D eigenvalue weighted by molar-refractivity contribution is 7.25. The Morgan fingerprint density at radius 1 is 0.485 bits per heavy atom. The van der Waals surface area contributed by atoms with Gasteiger partial charge in [-0.1, -0.05) is 166 Å². The monoisotopic (exact) mass is 869 g/mol. The lowest BCUT2D eigenvalue weighted by Gasteiger charge is -2.28. The van der Waals surface area contributed by atoms with Crippen molar-refractivity contribution >= 4 is 82.9 Å². The van der Waals surface area contributed by atoms with Gasteiger partial charge in [0.2, 0.25) is 0 Å². The normalized spacial score (nSPS) is 15.2. The third kappa shape index (κ3) is 5.48. The highest BCUT2D eigenvalue weighted by Gasteiger charge is 2.40. The van der Waals surface area contributed by atoms with Gasteiger partial charge in [0.1, 0.15) is 0 Å². The summed E-state index contributed by atoms with van der Waals surface area (Å²) in [6, 6.07) is 54.1. The molecular formula is C62H54BN2S. The Kier molecular flexibility index (Phi) is 7.97. The highest BCUT2D eigenvalue weighted by Crippen LogP contribution is 2.54. The van der Waals surface area contributed by atoms with Crippen LogP contribution in [0.5, 0.6) is 0 Å². The highest BCUT2D eigenvalue weighted by atomic mass is 32.1. The Balaban J connectivity index is 1.10. The second kappa shape index (κ2) is 13.2. The van der Waals surface area contributed by atoms with E-state index in [-0.39, 0.29) is 21.7 Å². The molecule has 2 aromatic heterocycles. The molecule has 2 aliphatic carbocycles. The quantitative estimate of drug-likeness (QED) is 0.175. The van der Waals surface area contributed by atoms with Gasteiger partial charge in [0, 0.05) is 69.9 Å². The molecule has 0 bridgehead atoms. The molecule has 0 spiro atoms. The van der Waals surface area contributed by atoms with E-state index < -0.39 is 0 Å². The van der Waals surface area contributed by atoms with Crippen molar-refractivity contribution in [3.8, 4) is 39.1 Å². The number of rotatable bonds is 3. The second-order valence-corrected chi connectivity index (χ2v) is 23.6. The molecule has 13 rings (SSSR count). The van der Waals surface area contributed by atoms with Crippen LogP contribution in [0.2, 0.25) is 0 Å². The van der Waals surface area contributed by atoms with Gasteiger partial charge in [0.15, 0.2) is 7.28 Å². The van der Waals surface area contributed by atoms with Gasteiger partial charge in [-0.15, -0.1) is 11.3 Å². The third-order valence-corrected chi connectivity index (χ3v) is 16.9. The molecule has 2 nitrogen and oxygen atoms in total. The van der Waals surface area contributed by atoms with Crippen LogP contribution in [0.25, 0.3) is 81.0 Å². The molecule has 0 amide bonds. The van der Waals surface area contributed by atoms with Crippen LogP contribution in [0.3, 0.4) is 0 Å². The lowest BCUT2D eigenvalue weighted by Crippen LogP contribution is -2.38. The SMILES string of the molecule is CC(C)(C)c1ccc(Nc2cc3c(cc2-c2ccc4c5cc6c(cc5n5c4c2[B]c2cc4c(cc2-5)-c2ccccc2C4(C)C)sc2ccccc26)-c2ccc(C(C)(C)C)cc2C3(C)C)cc1. The van der Waals surface area contributed by atoms with Crippen LogP contribution in [-0.4, -0.2) is 11.8 Å². The summed E-state index contributed by atoms with van der Waals surface area (Å²) in [5, 5.41) is 9.28. The Hall–Kier alpha value is -6.36. The van der Waals surface area contributed by atoms with Gasteiger partial charge in [-0.3, -0.25) is 0 Å². The van der Waals surface area contributed by atoms with Gasteiger partial charge < -0.3 is 9.88 Å². The molecule has 3 heterocycles. The van der Waals surface area contributed by atoms with E-state index in [0.29, 0.717) is 0 Å². The standard InChI is InChI=1S/C62H54BN2S/c1-59(2,3)34-19-22-36(23-20-34)64-52-32-50-42(38-24-21-35(60(4,5)6)27-48(38)62(50,9)10)28-44(52)40-25-26-41-45-29-46-39-16-12-14-18-55(39)66-56(46)33-53(45)65-54-30-43-37-15-11-13-17-47(37)61(7,8)49(43)31-51(54)63-57(40)58(41)65/h11-33,64H,1-10H3. The average molecular weight is 870 g/mol. The van der Waals surface area contributed by atoms with Crippen LogP contribution in [0, 0.1) is 0 Å². The third-order valence-electron chi connectivity index (χ3n) is 15.7. The van der Waals surface area contributed by atoms with Crippen LogP contribution < -0.4 is 16.2 Å². The van der Waals surface area contributed by atoms with Gasteiger partial charge in [-0.2, -0.15) is 0 Å². The fourth-order valence-corrected chi connectivity index (χ4v) is 13.1. The Bertz CT molecular complexity index is 3770. The first kappa shape index (κ1) is 40.0. The molecule has 4 heteroatoms. The number of aromatic nitrogens is 1. The summed E-state index contributed by atoms with van der Waals surface area (Å²) < 4.78 is 5.28. The summed E-state index contributed by atoms with van der Waals surface area (Å²) in [5.74, 6) is 0. The summed E-state index contributed by atoms with van der Waals surface area (Å²) in [6.07, 6.45) is 0. The molecule has 0 unspecified atom stereocenters. The summed E-state index contributed by atoms with van der Waals surface area (Å²) in [6.45, 7) is 23.4. The second-order valence-electron chi connectivity index (χ2n) is 22.5. The molecule has 1 N–H and O–H groups in total. The first-order valence-corrected chi connectivity index (χ1v) is 24.6. The molecule has 10 aromatic rings. The zero-order valence-corrected chi connectivity index (χ0v) is 40.5. The predicted molar refractivity (Wildman–Crippen MR) is 286 cm³/mol. The topological polar surface area (TPSA) is 17.0 Å². The first-order valence-electron chi connectivity index (χ1n) is 23.7. The summed E-state index contributed by atoms with van der Waals surface area (Å²) in [4.78, 5) is 0. The van der Waals surface area contributed by atoms with Crippen LogP contribution in [-0.2, 0) is 21.7 Å². The molecule has 66 heavy (non-hydrogen) atoms. The van der Waals surface area contributed by atoms with E-state index >= 15 is 0 Å². The van der Waals surface area contributed by atoms with Crippen molar-refractivity contribution in [1.29, 1.82) is 0 Å². The van der Waals surface area contributed by atoms with Crippen molar-refractivity contribution in [3.63, 3.8) is 0 Å². The summed E-state index contributed by atoms with van der Waals surface area (Å²) >= 11 is 1.90. The van der Waals surface area contributed by atoms with Crippen LogP contribution in [0.15, 0.2) is 140 Å². The molecule has 0 fully saturated rings. The molecule has 321 valence electrons. The molecule has 0 saturated carbocycles. The number of hydrogen-bond donors (Lipinski definition) is 1. The maximum absolute atomic E-state index is 4.03. The summed E-state index contributed by atoms with van der Waals surface area (Å²) in [7, 11) is 2.52. The molecule has 8 aromatic carbocycles. The maximum atomic E-state index is 4.03. The minimum atomic E-state index is -0.172. The predicted octanol–water partition coefficient (Wildman–Crippen LogP) is 15.7. The lowest BCUT2D eigenvalue weighted by molar-refractivity contribution is 0.584. The number of fused-ring (bicyclic) bond motifs is 14. The van der Waals surface area contributed by atoms with E-state index in [2.05, 4.69) is 226 Å². The van der Waals surface area contributed by atoms with Crippen LogP contribution >= 0.6 is 11.3 Å². The van der Waals surface area contributed by atoms with Crippen molar-refractivity contribution in [2.45, 2.75) is 90.9 Å². The van der Waals surface area contributed by atoms with Crippen molar-refractivity contribution in [1.82, 2.24) is 4.57 Å². The van der Waals surface area contributed by atoms with E-state index in [1.54, 1.807) is 0 Å². The van der Waals surface area contributed by atoms with Crippen molar-refractivity contribution in [2.75, 3.05) is 5.32 Å². The van der Waals surface area contributed by atoms with Gasteiger partial charge in [-0.25, -0.2) is 0 Å². The van der Waals surface area contributed by atoms with Crippen molar-refractivity contribution in [2.24, 2.45) is 0 Å². The fourth-order valence-electron chi connectivity index (χ4n) is 12.0.